The van der Waals surface area contributed by atoms with E-state index in [-0.39, 0.29) is 33.7 Å². The first-order valence-corrected chi connectivity index (χ1v) is 17.2. The maximum absolute atomic E-state index is 15.8. The Balaban J connectivity index is 1.28. The largest absolute Gasteiger partial charge is 0.584 e. The van der Waals surface area contributed by atoms with Gasteiger partial charge in [-0.1, -0.05) is 22.2 Å². The number of nitrogen functional groups attached to an aromatic ring is 1. The van der Waals surface area contributed by atoms with Crippen molar-refractivity contribution >= 4 is 66.1 Å². The molecule has 0 amide bonds. The van der Waals surface area contributed by atoms with Crippen LogP contribution in [0.15, 0.2) is 36.5 Å². The first-order chi connectivity index (χ1) is 21.3. The predicted molar refractivity (Wildman–Crippen MR) is 152 cm³/mol. The Hall–Kier alpha value is -3.48. The number of aliphatic hydroxyl groups excluding tert-OH is 1. The van der Waals surface area contributed by atoms with Crippen molar-refractivity contribution in [3.63, 3.8) is 0 Å². The molecule has 0 spiro atoms. The summed E-state index contributed by atoms with van der Waals surface area (Å²) in [6, 6.07) is -0.657. The molecule has 6 atom stereocenters. The average Bonchev–Trinajstić information content (AvgIpc) is 3.72. The molecule has 10 N–H and O–H groups in total. The molecule has 4 aliphatic heterocycles. The van der Waals surface area contributed by atoms with Crippen molar-refractivity contribution in [3.8, 4) is 5.75 Å². The molecule has 4 unspecified atom stereocenters. The number of rotatable bonds is 2. The van der Waals surface area contributed by atoms with E-state index < -0.39 is 80.2 Å². The third-order valence-electron chi connectivity index (χ3n) is 6.50. The monoisotopic (exact) mass is 708 g/mol. The lowest BCUT2D eigenvalue weighted by atomic mass is 10.1. The summed E-state index contributed by atoms with van der Waals surface area (Å²) < 4.78 is 56.1. The van der Waals surface area contributed by atoms with Crippen LogP contribution >= 0.6 is 26.3 Å². The molecule has 27 heteroatoms. The number of nitrogens with one attached hydrogen (secondary N) is 3. The summed E-state index contributed by atoms with van der Waals surface area (Å²) in [5, 5.41) is 33.3. The van der Waals surface area contributed by atoms with E-state index in [0.717, 1.165) is 9.69 Å². The van der Waals surface area contributed by atoms with Gasteiger partial charge in [0.1, 0.15) is 36.2 Å². The molecule has 240 valence electrons. The van der Waals surface area contributed by atoms with Gasteiger partial charge in [-0.3, -0.25) is 29.8 Å². The van der Waals surface area contributed by atoms with E-state index in [2.05, 4.69) is 41.3 Å². The lowest BCUT2D eigenvalue weighted by molar-refractivity contribution is 0.162. The molecule has 1 saturated heterocycles. The van der Waals surface area contributed by atoms with Gasteiger partial charge in [0.05, 0.1) is 11.1 Å². The van der Waals surface area contributed by atoms with Gasteiger partial charge in [0.25, 0.3) is 11.4 Å². The second-order valence-corrected chi connectivity index (χ2v) is 14.5. The summed E-state index contributed by atoms with van der Waals surface area (Å²) in [7, 11) is -5.21. The van der Waals surface area contributed by atoms with Crippen LogP contribution in [0.4, 0.5) is 16.2 Å². The summed E-state index contributed by atoms with van der Waals surface area (Å²) in [4.78, 5) is 39.8. The number of aliphatic hydroxyl groups is 1. The molecule has 22 nitrogen and oxygen atoms in total. The Morgan fingerprint density at radius 3 is 2.87 bits per heavy atom. The van der Waals surface area contributed by atoms with Crippen LogP contribution in [0.2, 0.25) is 0 Å². The van der Waals surface area contributed by atoms with E-state index in [4.69, 9.17) is 45.8 Å². The highest BCUT2D eigenvalue weighted by molar-refractivity contribution is 8.12. The molecule has 3 aromatic heterocycles. The summed E-state index contributed by atoms with van der Waals surface area (Å²) in [6.45, 7) is -5.06. The van der Waals surface area contributed by atoms with E-state index in [1.165, 1.54) is 0 Å². The number of phosphoric acid groups is 1. The summed E-state index contributed by atoms with van der Waals surface area (Å²) in [6.07, 6.45) is -2.55. The summed E-state index contributed by atoms with van der Waals surface area (Å²) in [5.74, 6) is -4.16. The second-order valence-electron chi connectivity index (χ2n) is 9.39. The third-order valence-corrected chi connectivity index (χ3v) is 9.83. The highest BCUT2D eigenvalue weighted by Gasteiger charge is 2.45. The third kappa shape index (κ3) is 5.30. The van der Waals surface area contributed by atoms with E-state index in [0.29, 0.717) is 18.0 Å². The minimum absolute atomic E-state index is 0.149. The molecule has 2 bridgehead atoms. The second kappa shape index (κ2) is 10.8. The highest BCUT2D eigenvalue weighted by atomic mass is 32.5. The van der Waals surface area contributed by atoms with Crippen LogP contribution in [0.1, 0.15) is 5.76 Å². The van der Waals surface area contributed by atoms with Crippen molar-refractivity contribution in [2.45, 2.75) is 31.1 Å². The molecule has 7 heterocycles. The number of hydrogen-bond acceptors (Lipinski definition) is 20. The topological polar surface area (TPSA) is 308 Å². The fraction of sp³-hybridized carbons (Fsp3) is 0.333. The average molecular weight is 709 g/mol. The number of H-pyrrole nitrogens is 1. The van der Waals surface area contributed by atoms with Crippen molar-refractivity contribution in [2.24, 2.45) is 16.1 Å². The maximum Gasteiger partial charge on any atom is 0.584 e. The minimum atomic E-state index is -5.21. The van der Waals surface area contributed by atoms with Crippen LogP contribution in [-0.2, 0) is 36.6 Å². The number of hydrogen-bond donors (Lipinski definition) is 8. The lowest BCUT2D eigenvalue weighted by Gasteiger charge is -2.33. The standard InChI is InChI=1S/C18H19FN12O10P2S2/c19-6-10-4(39-16(6)30-13-7(26-28-30)12(20)22-3-23-13)1-38-43(36,44)41-11-9(32)5(2-37-42(34,35)40-10)45-17(11)31-14-8(27-29-31)15(33)25-18(21)24-14/h2,7,9,12-13,22-23,32H,1,3,20H2,(H,34,35)(H,36,44)(H3,21,24,25,33)/b5-2+/t7?,9-,12-,13?,43?/m1/s1. The zero-order chi connectivity index (χ0) is 31.8. The van der Waals surface area contributed by atoms with Crippen molar-refractivity contribution in [3.05, 3.63) is 38.9 Å². The molecule has 0 radical (unpaired) electrons. The molecule has 0 aliphatic carbocycles. The number of aromatic amines is 1. The van der Waals surface area contributed by atoms with Gasteiger partial charge in [0, 0.05) is 18.5 Å². The Morgan fingerprint density at radius 1 is 1.27 bits per heavy atom. The van der Waals surface area contributed by atoms with E-state index in [9.17, 15) is 24.3 Å². The fourth-order valence-corrected chi connectivity index (χ4v) is 7.50. The SMILES string of the molecule is Nc1nc2c(nnn2C2=C3OP(O)(=S)OCc4oc(N5N=NC6C5NCN[C@H]6N)c(F)c4OP(=O)(O)O/C=C(/S2)[C@H]3O)c(=O)[nH]1. The Bertz CT molecular complexity index is 1980. The Kier molecular flexibility index (Phi) is 7.25. The highest BCUT2D eigenvalue weighted by Crippen LogP contribution is 2.57. The molecule has 0 aromatic carbocycles. The van der Waals surface area contributed by atoms with Crippen LogP contribution in [0.3, 0.4) is 0 Å². The maximum atomic E-state index is 15.8. The van der Waals surface area contributed by atoms with Crippen LogP contribution in [0.25, 0.3) is 16.2 Å². The van der Waals surface area contributed by atoms with E-state index in [1.54, 1.807) is 0 Å². The number of furan rings is 1. The molecule has 3 aromatic rings. The van der Waals surface area contributed by atoms with Gasteiger partial charge in [-0.25, -0.2) is 4.57 Å². The van der Waals surface area contributed by atoms with Gasteiger partial charge in [-0.05, 0) is 0 Å². The zero-order valence-corrected chi connectivity index (χ0v) is 25.3. The normalized spacial score (nSPS) is 32.8. The van der Waals surface area contributed by atoms with E-state index in [1.807, 2.05) is 0 Å². The zero-order valence-electron chi connectivity index (χ0n) is 21.9. The molecule has 0 saturated carbocycles. The van der Waals surface area contributed by atoms with Crippen molar-refractivity contribution < 1.29 is 46.4 Å². The van der Waals surface area contributed by atoms with Gasteiger partial charge in [0.15, 0.2) is 22.7 Å². The predicted octanol–water partition coefficient (Wildman–Crippen LogP) is -0.819. The molecule has 7 rings (SSSR count). The van der Waals surface area contributed by atoms with Gasteiger partial charge in [-0.15, -0.1) is 5.10 Å². The number of nitrogens with two attached hydrogens (primary N) is 2. The number of nitrogens with zero attached hydrogens (tertiary/aromatic N) is 7. The first-order valence-electron chi connectivity index (χ1n) is 12.3. The fourth-order valence-electron chi connectivity index (χ4n) is 4.50. The smallest absolute Gasteiger partial charge is 0.434 e. The van der Waals surface area contributed by atoms with Gasteiger partial charge >= 0.3 is 14.5 Å². The Morgan fingerprint density at radius 2 is 2.07 bits per heavy atom. The van der Waals surface area contributed by atoms with Gasteiger partial charge in [-0.2, -0.15) is 24.2 Å². The number of halogens is 1. The number of phosphoric ester groups is 1. The molecule has 45 heavy (non-hydrogen) atoms. The Labute approximate surface area is 257 Å². The van der Waals surface area contributed by atoms with Crippen LogP contribution in [0, 0.1) is 5.82 Å². The molecule has 1 fully saturated rings. The number of fused-ring (bicyclic) bond motifs is 5. The summed E-state index contributed by atoms with van der Waals surface area (Å²) in [5.41, 5.74) is 10.5. The number of aromatic nitrogens is 5. The van der Waals surface area contributed by atoms with Crippen LogP contribution in [0.5, 0.6) is 5.75 Å². The van der Waals surface area contributed by atoms with Crippen LogP contribution in [-0.4, -0.2) is 71.0 Å². The summed E-state index contributed by atoms with van der Waals surface area (Å²) >= 11 is 5.77. The molecular formula is C18H19FN12O10P2S2. The van der Waals surface area contributed by atoms with E-state index >= 15 is 4.39 Å². The number of anilines is 2. The number of thioether (sulfide) groups is 1. The van der Waals surface area contributed by atoms with Crippen molar-refractivity contribution in [1.82, 2.24) is 35.6 Å². The lowest BCUT2D eigenvalue weighted by Crippen LogP contribution is -2.65. The quantitative estimate of drug-likeness (QED) is 0.151. The first kappa shape index (κ1) is 30.2. The molecule has 4 aliphatic rings. The van der Waals surface area contributed by atoms with Crippen molar-refractivity contribution in [2.75, 3.05) is 17.4 Å². The van der Waals surface area contributed by atoms with Crippen molar-refractivity contribution in [1.29, 1.82) is 0 Å². The molecular weight excluding hydrogens is 689 g/mol. The minimum Gasteiger partial charge on any atom is -0.434 e. The van der Waals surface area contributed by atoms with Crippen LogP contribution < -0.4 is 37.2 Å². The van der Waals surface area contributed by atoms with Gasteiger partial charge < -0.3 is 39.5 Å². The van der Waals surface area contributed by atoms with Gasteiger partial charge in [0.2, 0.25) is 17.5 Å².